The van der Waals surface area contributed by atoms with E-state index in [1.165, 1.54) is 5.56 Å². The van der Waals surface area contributed by atoms with E-state index in [0.717, 1.165) is 50.5 Å². The second-order valence-electron chi connectivity index (χ2n) is 7.18. The molecule has 0 saturated carbocycles. The summed E-state index contributed by atoms with van der Waals surface area (Å²) >= 11 is 0. The molecule has 1 atom stereocenters. The average Bonchev–Trinajstić information content (AvgIpc) is 3.13. The molecule has 0 bridgehead atoms. The van der Waals surface area contributed by atoms with E-state index < -0.39 is 0 Å². The zero-order chi connectivity index (χ0) is 19.2. The molecular weight excluding hydrogens is 338 g/mol. The highest BCUT2D eigenvalue weighted by Crippen LogP contribution is 2.23. The third-order valence-electron chi connectivity index (χ3n) is 5.25. The molecule has 6 heteroatoms. The van der Waals surface area contributed by atoms with Crippen molar-refractivity contribution in [1.82, 2.24) is 24.7 Å². The van der Waals surface area contributed by atoms with E-state index in [9.17, 15) is 4.79 Å². The van der Waals surface area contributed by atoms with Gasteiger partial charge in [0.2, 0.25) is 0 Å². The second kappa shape index (κ2) is 9.15. The molecule has 6 nitrogen and oxygen atoms in total. The van der Waals surface area contributed by atoms with Crippen LogP contribution in [0, 0.1) is 0 Å². The van der Waals surface area contributed by atoms with Gasteiger partial charge in [0.05, 0.1) is 0 Å². The van der Waals surface area contributed by atoms with Gasteiger partial charge in [-0.2, -0.15) is 0 Å². The minimum atomic E-state index is -0.0361. The number of hydrogen-bond acceptors (Lipinski definition) is 4. The molecule has 2 aromatic rings. The predicted molar refractivity (Wildman–Crippen MR) is 108 cm³/mol. The van der Waals surface area contributed by atoms with Crippen molar-refractivity contribution in [3.8, 4) is 0 Å². The lowest BCUT2D eigenvalue weighted by Gasteiger charge is -2.35. The van der Waals surface area contributed by atoms with Crippen LogP contribution < -0.4 is 5.32 Å². The van der Waals surface area contributed by atoms with E-state index in [-0.39, 0.29) is 11.9 Å². The Morgan fingerprint density at radius 2 is 2.07 bits per heavy atom. The molecule has 1 aliphatic rings. The van der Waals surface area contributed by atoms with Crippen LogP contribution in [0.25, 0.3) is 0 Å². The maximum absolute atomic E-state index is 13.2. The molecule has 1 unspecified atom stereocenters. The molecule has 1 fully saturated rings. The summed E-state index contributed by atoms with van der Waals surface area (Å²) < 4.78 is 1.99. The number of carbonyl (C=O) groups excluding carboxylic acids is 1. The Hall–Kier alpha value is -2.18. The van der Waals surface area contributed by atoms with Gasteiger partial charge in [-0.05, 0) is 37.2 Å². The number of aryl methyl sites for hydroxylation is 1. The first-order valence-corrected chi connectivity index (χ1v) is 9.94. The Kier molecular flexibility index (Phi) is 6.63. The summed E-state index contributed by atoms with van der Waals surface area (Å²) in [6.45, 7) is 9.71. The van der Waals surface area contributed by atoms with E-state index in [0.29, 0.717) is 6.54 Å². The van der Waals surface area contributed by atoms with Crippen LogP contribution in [0.15, 0.2) is 36.7 Å². The lowest BCUT2D eigenvalue weighted by molar-refractivity contribution is 0.0621. The van der Waals surface area contributed by atoms with Crippen molar-refractivity contribution in [2.45, 2.75) is 32.9 Å². The van der Waals surface area contributed by atoms with Crippen molar-refractivity contribution in [3.63, 3.8) is 0 Å². The normalized spacial score (nSPS) is 17.5. The van der Waals surface area contributed by atoms with Gasteiger partial charge >= 0.3 is 0 Å². The molecule has 0 spiro atoms. The van der Waals surface area contributed by atoms with Gasteiger partial charge in [0, 0.05) is 51.2 Å². The third kappa shape index (κ3) is 4.57. The summed E-state index contributed by atoms with van der Waals surface area (Å²) in [6, 6.07) is 8.07. The van der Waals surface area contributed by atoms with Crippen molar-refractivity contribution >= 4 is 5.91 Å². The average molecular weight is 370 g/mol. The highest BCUT2D eigenvalue weighted by molar-refractivity contribution is 5.94. The van der Waals surface area contributed by atoms with Crippen molar-refractivity contribution in [1.29, 1.82) is 0 Å². The van der Waals surface area contributed by atoms with Crippen LogP contribution in [0.5, 0.6) is 0 Å². The highest BCUT2D eigenvalue weighted by Gasteiger charge is 2.30. The molecule has 1 saturated heterocycles. The fourth-order valence-corrected chi connectivity index (χ4v) is 3.72. The Balaban J connectivity index is 1.73. The molecule has 0 aliphatic carbocycles. The van der Waals surface area contributed by atoms with Crippen molar-refractivity contribution < 1.29 is 4.79 Å². The number of imidazole rings is 1. The number of nitrogens with zero attached hydrogens (tertiary/aromatic N) is 4. The Bertz CT molecular complexity index is 739. The van der Waals surface area contributed by atoms with Crippen molar-refractivity contribution in [2.24, 2.45) is 7.05 Å². The van der Waals surface area contributed by atoms with Crippen molar-refractivity contribution in [2.75, 3.05) is 32.7 Å². The van der Waals surface area contributed by atoms with E-state index in [2.05, 4.69) is 41.2 Å². The Morgan fingerprint density at radius 1 is 1.30 bits per heavy atom. The molecule has 27 heavy (non-hydrogen) atoms. The van der Waals surface area contributed by atoms with Crippen LogP contribution in [0.3, 0.4) is 0 Å². The number of benzene rings is 1. The zero-order valence-electron chi connectivity index (χ0n) is 16.7. The molecule has 146 valence electrons. The maximum atomic E-state index is 13.2. The fourth-order valence-electron chi connectivity index (χ4n) is 3.72. The molecule has 0 radical (unpaired) electrons. The highest BCUT2D eigenvalue weighted by atomic mass is 16.2. The smallest absolute Gasteiger partial charge is 0.254 e. The van der Waals surface area contributed by atoms with Crippen LogP contribution in [0.1, 0.15) is 48.1 Å². The number of piperazine rings is 1. The first-order valence-electron chi connectivity index (χ1n) is 9.94. The summed E-state index contributed by atoms with van der Waals surface area (Å²) in [4.78, 5) is 22.0. The van der Waals surface area contributed by atoms with E-state index in [1.807, 2.05) is 34.8 Å². The predicted octanol–water partition coefficient (Wildman–Crippen LogP) is 2.44. The summed E-state index contributed by atoms with van der Waals surface area (Å²) in [5.41, 5.74) is 2.00. The number of nitrogens with one attached hydrogen (secondary N) is 1. The molecule has 1 amide bonds. The maximum Gasteiger partial charge on any atom is 0.254 e. The SMILES string of the molecule is CCCN(CC)Cc1ccc(C(=O)N2CCNCC2c2nccn2C)cc1. The number of rotatable bonds is 7. The monoisotopic (exact) mass is 369 g/mol. The second-order valence-corrected chi connectivity index (χ2v) is 7.18. The minimum absolute atomic E-state index is 0.0361. The van der Waals surface area contributed by atoms with Crippen LogP contribution in [0.4, 0.5) is 0 Å². The number of amides is 1. The zero-order valence-corrected chi connectivity index (χ0v) is 16.7. The molecule has 1 aromatic carbocycles. The van der Waals surface area contributed by atoms with Crippen LogP contribution in [-0.2, 0) is 13.6 Å². The molecule has 1 aliphatic heterocycles. The molecule has 1 N–H and O–H groups in total. The minimum Gasteiger partial charge on any atom is -0.336 e. The molecule has 2 heterocycles. The summed E-state index contributed by atoms with van der Waals surface area (Å²) in [5, 5.41) is 3.38. The standard InChI is InChI=1S/C21H31N5O/c1-4-12-25(5-2)16-17-6-8-18(9-7-17)21(27)26-14-10-22-15-19(26)20-23-11-13-24(20)3/h6-9,11,13,19,22H,4-5,10,12,14-16H2,1-3H3. The van der Waals surface area contributed by atoms with Crippen LogP contribution in [0.2, 0.25) is 0 Å². The van der Waals surface area contributed by atoms with E-state index in [4.69, 9.17) is 0 Å². The van der Waals surface area contributed by atoms with Gasteiger partial charge in [-0.25, -0.2) is 4.98 Å². The van der Waals surface area contributed by atoms with Gasteiger partial charge in [0.15, 0.2) is 0 Å². The summed E-state index contributed by atoms with van der Waals surface area (Å²) in [7, 11) is 1.98. The van der Waals surface area contributed by atoms with E-state index in [1.54, 1.807) is 6.20 Å². The van der Waals surface area contributed by atoms with Gasteiger partial charge in [-0.3, -0.25) is 9.69 Å². The van der Waals surface area contributed by atoms with Gasteiger partial charge in [-0.1, -0.05) is 26.0 Å². The molecule has 3 rings (SSSR count). The largest absolute Gasteiger partial charge is 0.336 e. The first-order chi connectivity index (χ1) is 13.1. The number of aromatic nitrogens is 2. The van der Waals surface area contributed by atoms with Gasteiger partial charge < -0.3 is 14.8 Å². The van der Waals surface area contributed by atoms with Crippen LogP contribution >= 0.6 is 0 Å². The quantitative estimate of drug-likeness (QED) is 0.814. The third-order valence-corrected chi connectivity index (χ3v) is 5.25. The first kappa shape index (κ1) is 19.6. The van der Waals surface area contributed by atoms with Crippen LogP contribution in [-0.4, -0.2) is 58.0 Å². The molecule has 1 aromatic heterocycles. The lowest BCUT2D eigenvalue weighted by atomic mass is 10.1. The summed E-state index contributed by atoms with van der Waals surface area (Å²) in [6.07, 6.45) is 4.87. The van der Waals surface area contributed by atoms with Crippen molar-refractivity contribution in [3.05, 3.63) is 53.6 Å². The van der Waals surface area contributed by atoms with Gasteiger partial charge in [0.25, 0.3) is 5.91 Å². The number of carbonyl (C=O) groups is 1. The Morgan fingerprint density at radius 3 is 2.70 bits per heavy atom. The number of hydrogen-bond donors (Lipinski definition) is 1. The lowest BCUT2D eigenvalue weighted by Crippen LogP contribution is -2.49. The summed E-state index contributed by atoms with van der Waals surface area (Å²) in [5.74, 6) is 1.00. The fraction of sp³-hybridized carbons (Fsp3) is 0.524. The molecular formula is C21H31N5O. The van der Waals surface area contributed by atoms with E-state index >= 15 is 0 Å². The van der Waals surface area contributed by atoms with Gasteiger partial charge in [-0.15, -0.1) is 0 Å². The van der Waals surface area contributed by atoms with Gasteiger partial charge in [0.1, 0.15) is 11.9 Å². The Labute approximate surface area is 162 Å². The topological polar surface area (TPSA) is 53.4 Å².